The van der Waals surface area contributed by atoms with Crippen molar-refractivity contribution < 1.29 is 28.6 Å². The van der Waals surface area contributed by atoms with E-state index in [0.29, 0.717) is 19.3 Å². The highest BCUT2D eigenvalue weighted by atomic mass is 16.6. The molecule has 0 aliphatic carbocycles. The molecule has 0 radical (unpaired) electrons. The van der Waals surface area contributed by atoms with Gasteiger partial charge in [-0.2, -0.15) is 0 Å². The molecule has 0 saturated heterocycles. The average molecular weight is 779 g/mol. The van der Waals surface area contributed by atoms with Gasteiger partial charge in [0.25, 0.3) is 0 Å². The summed E-state index contributed by atoms with van der Waals surface area (Å²) >= 11 is 0. The predicted octanol–water partition coefficient (Wildman–Crippen LogP) is 15.2. The molecule has 0 amide bonds. The van der Waals surface area contributed by atoms with Crippen LogP contribution in [0.25, 0.3) is 0 Å². The Morgan fingerprint density at radius 2 is 0.636 bits per heavy atom. The largest absolute Gasteiger partial charge is 0.462 e. The molecule has 0 saturated carbocycles. The highest BCUT2D eigenvalue weighted by Crippen LogP contribution is 2.18. The van der Waals surface area contributed by atoms with E-state index in [1.807, 2.05) is 0 Å². The van der Waals surface area contributed by atoms with E-state index < -0.39 is 6.10 Å². The van der Waals surface area contributed by atoms with Gasteiger partial charge in [0.15, 0.2) is 6.10 Å². The average Bonchev–Trinajstić information content (AvgIpc) is 3.17. The Morgan fingerprint density at radius 1 is 0.364 bits per heavy atom. The molecule has 55 heavy (non-hydrogen) atoms. The fraction of sp³-hybridized carbons (Fsp3) is 0.939. The maximum Gasteiger partial charge on any atom is 0.306 e. The Bertz CT molecular complexity index is 856. The van der Waals surface area contributed by atoms with Crippen molar-refractivity contribution in [2.75, 3.05) is 13.2 Å². The van der Waals surface area contributed by atoms with Gasteiger partial charge >= 0.3 is 17.9 Å². The molecule has 0 spiro atoms. The first-order valence-electron chi connectivity index (χ1n) is 24.2. The van der Waals surface area contributed by atoms with Crippen LogP contribution in [0.1, 0.15) is 260 Å². The standard InChI is InChI=1S/C49H94O6/c1-7-44(5)36-30-24-17-15-13-11-9-10-12-14-16-18-26-32-38-47(50)53-41-46(42-54-48(51)39-33-27-21-19-23-29-35-43(3)4)55-49(52)40-34-28-22-20-25-31-37-45(6)8-2/h43-46H,7-42H2,1-6H3/t44?,45?,46-/m1/s1. The zero-order valence-electron chi connectivity index (χ0n) is 37.7. The Kier molecular flexibility index (Phi) is 39.4. The van der Waals surface area contributed by atoms with E-state index in [2.05, 4.69) is 41.5 Å². The highest BCUT2D eigenvalue weighted by molar-refractivity contribution is 5.71. The normalized spacial score (nSPS) is 13.1. The summed E-state index contributed by atoms with van der Waals surface area (Å²) in [7, 11) is 0. The highest BCUT2D eigenvalue weighted by Gasteiger charge is 2.19. The summed E-state index contributed by atoms with van der Waals surface area (Å²) in [4.78, 5) is 37.7. The molecule has 0 rings (SSSR count). The van der Waals surface area contributed by atoms with Crippen LogP contribution in [0.3, 0.4) is 0 Å². The van der Waals surface area contributed by atoms with E-state index in [0.717, 1.165) is 75.5 Å². The van der Waals surface area contributed by atoms with Gasteiger partial charge in [-0.3, -0.25) is 14.4 Å². The molecule has 0 bridgehead atoms. The quantitative estimate of drug-likeness (QED) is 0.0349. The lowest BCUT2D eigenvalue weighted by Crippen LogP contribution is -2.30. The van der Waals surface area contributed by atoms with E-state index >= 15 is 0 Å². The minimum Gasteiger partial charge on any atom is -0.462 e. The molecular formula is C49H94O6. The molecule has 0 fully saturated rings. The summed E-state index contributed by atoms with van der Waals surface area (Å²) in [5.41, 5.74) is 0. The van der Waals surface area contributed by atoms with Gasteiger partial charge in [-0.05, 0) is 37.0 Å². The maximum atomic E-state index is 12.7. The van der Waals surface area contributed by atoms with Crippen molar-refractivity contribution in [2.45, 2.75) is 266 Å². The van der Waals surface area contributed by atoms with Crippen molar-refractivity contribution in [3.63, 3.8) is 0 Å². The lowest BCUT2D eigenvalue weighted by Gasteiger charge is -2.18. The minimum atomic E-state index is -0.763. The molecule has 0 aromatic carbocycles. The molecule has 0 aromatic heterocycles. The van der Waals surface area contributed by atoms with Crippen LogP contribution < -0.4 is 0 Å². The summed E-state index contributed by atoms with van der Waals surface area (Å²) in [6, 6.07) is 0. The van der Waals surface area contributed by atoms with Gasteiger partial charge in [-0.1, -0.05) is 221 Å². The fourth-order valence-electron chi connectivity index (χ4n) is 7.17. The first-order valence-corrected chi connectivity index (χ1v) is 24.2. The van der Waals surface area contributed by atoms with Gasteiger partial charge in [-0.15, -0.1) is 0 Å². The zero-order valence-corrected chi connectivity index (χ0v) is 37.7. The third-order valence-corrected chi connectivity index (χ3v) is 11.6. The molecule has 2 unspecified atom stereocenters. The third kappa shape index (κ3) is 40.4. The summed E-state index contributed by atoms with van der Waals surface area (Å²) in [5.74, 6) is 1.60. The summed E-state index contributed by atoms with van der Waals surface area (Å²) in [6.45, 7) is 13.6. The minimum absolute atomic E-state index is 0.0668. The molecule has 3 atom stereocenters. The SMILES string of the molecule is CCC(C)CCCCCCCCCCCCCCCCC(=O)OC[C@H](COC(=O)CCCCCCCCC(C)C)OC(=O)CCCCCCCCC(C)CC. The number of esters is 3. The van der Waals surface area contributed by atoms with Gasteiger partial charge in [0, 0.05) is 19.3 Å². The number of carbonyl (C=O) groups excluding carboxylic acids is 3. The first kappa shape index (κ1) is 53.4. The summed E-state index contributed by atoms with van der Waals surface area (Å²) < 4.78 is 16.7. The number of carbonyl (C=O) groups is 3. The van der Waals surface area contributed by atoms with Crippen molar-refractivity contribution in [1.82, 2.24) is 0 Å². The van der Waals surface area contributed by atoms with Gasteiger partial charge in [0.05, 0.1) is 0 Å². The monoisotopic (exact) mass is 779 g/mol. The van der Waals surface area contributed by atoms with E-state index in [4.69, 9.17) is 14.2 Å². The summed E-state index contributed by atoms with van der Waals surface area (Å²) in [6.07, 6.45) is 38.2. The zero-order chi connectivity index (χ0) is 40.6. The maximum absolute atomic E-state index is 12.7. The van der Waals surface area contributed by atoms with E-state index in [9.17, 15) is 14.4 Å². The second-order valence-electron chi connectivity index (χ2n) is 17.7. The Balaban J connectivity index is 4.24. The number of unbranched alkanes of at least 4 members (excludes halogenated alkanes) is 23. The van der Waals surface area contributed by atoms with Gasteiger partial charge in [0.2, 0.25) is 0 Å². The van der Waals surface area contributed by atoms with Crippen LogP contribution in [-0.4, -0.2) is 37.2 Å². The lowest BCUT2D eigenvalue weighted by molar-refractivity contribution is -0.167. The van der Waals surface area contributed by atoms with Gasteiger partial charge in [0.1, 0.15) is 13.2 Å². The Labute approximate surface area is 342 Å². The van der Waals surface area contributed by atoms with Gasteiger partial charge in [-0.25, -0.2) is 0 Å². The summed E-state index contributed by atoms with van der Waals surface area (Å²) in [5, 5.41) is 0. The third-order valence-electron chi connectivity index (χ3n) is 11.6. The smallest absolute Gasteiger partial charge is 0.306 e. The predicted molar refractivity (Wildman–Crippen MR) is 233 cm³/mol. The van der Waals surface area contributed by atoms with Crippen molar-refractivity contribution in [2.24, 2.45) is 17.8 Å². The second-order valence-corrected chi connectivity index (χ2v) is 17.7. The number of ether oxygens (including phenoxy) is 3. The van der Waals surface area contributed by atoms with Crippen LogP contribution in [0, 0.1) is 17.8 Å². The molecule has 326 valence electrons. The van der Waals surface area contributed by atoms with Crippen molar-refractivity contribution >= 4 is 17.9 Å². The Morgan fingerprint density at radius 3 is 0.945 bits per heavy atom. The molecule has 0 aliphatic rings. The molecule has 0 aliphatic heterocycles. The van der Waals surface area contributed by atoms with Crippen LogP contribution in [0.15, 0.2) is 0 Å². The molecule has 6 nitrogen and oxygen atoms in total. The van der Waals surface area contributed by atoms with Crippen LogP contribution in [-0.2, 0) is 28.6 Å². The van der Waals surface area contributed by atoms with E-state index in [1.54, 1.807) is 0 Å². The van der Waals surface area contributed by atoms with Crippen molar-refractivity contribution in [3.8, 4) is 0 Å². The van der Waals surface area contributed by atoms with Crippen LogP contribution in [0.5, 0.6) is 0 Å². The van der Waals surface area contributed by atoms with Crippen LogP contribution in [0.2, 0.25) is 0 Å². The van der Waals surface area contributed by atoms with Crippen molar-refractivity contribution in [3.05, 3.63) is 0 Å². The number of hydrogen-bond acceptors (Lipinski definition) is 6. The number of hydrogen-bond donors (Lipinski definition) is 0. The van der Waals surface area contributed by atoms with Crippen LogP contribution in [0.4, 0.5) is 0 Å². The fourth-order valence-corrected chi connectivity index (χ4v) is 7.17. The number of rotatable bonds is 42. The molecule has 0 aromatic rings. The molecular weight excluding hydrogens is 685 g/mol. The molecule has 6 heteroatoms. The van der Waals surface area contributed by atoms with E-state index in [-0.39, 0.29) is 31.1 Å². The lowest BCUT2D eigenvalue weighted by atomic mass is 9.99. The first-order chi connectivity index (χ1) is 26.7. The van der Waals surface area contributed by atoms with Crippen molar-refractivity contribution in [1.29, 1.82) is 0 Å². The molecule has 0 N–H and O–H groups in total. The second kappa shape index (κ2) is 40.6. The van der Waals surface area contributed by atoms with Gasteiger partial charge < -0.3 is 14.2 Å². The van der Waals surface area contributed by atoms with E-state index in [1.165, 1.54) is 141 Å². The molecule has 0 heterocycles. The topological polar surface area (TPSA) is 78.9 Å². The van der Waals surface area contributed by atoms with Crippen LogP contribution >= 0.6 is 0 Å². The Hall–Kier alpha value is -1.59.